The molecule has 0 bridgehead atoms. The van der Waals surface area contributed by atoms with Crippen molar-refractivity contribution in [1.82, 2.24) is 9.89 Å². The Hall–Kier alpha value is -2.30. The monoisotopic (exact) mass is 217 g/mol. The first-order valence-electron chi connectivity index (χ1n) is 4.86. The fourth-order valence-electron chi connectivity index (χ4n) is 1.35. The summed E-state index contributed by atoms with van der Waals surface area (Å²) in [4.78, 5) is 23.7. The third-order valence-corrected chi connectivity index (χ3v) is 2.09. The van der Waals surface area contributed by atoms with Crippen LogP contribution in [0.25, 0.3) is 0 Å². The number of nitrogens with zero attached hydrogens (tertiary/aromatic N) is 1. The van der Waals surface area contributed by atoms with Gasteiger partial charge < -0.3 is 0 Å². The molecule has 0 atom stereocenters. The molecular weight excluding hydrogens is 206 g/mol. The summed E-state index contributed by atoms with van der Waals surface area (Å²) in [6.45, 7) is 0. The average Bonchev–Trinajstić information content (AvgIpc) is 2.66. The molecular formula is C11H11N3O2. The first kappa shape index (κ1) is 10.2. The lowest BCUT2D eigenvalue weighted by molar-refractivity contribution is -0.116. The molecule has 0 aliphatic rings. The Morgan fingerprint density at radius 1 is 1.25 bits per heavy atom. The van der Waals surface area contributed by atoms with Crippen molar-refractivity contribution in [3.63, 3.8) is 0 Å². The largest absolute Gasteiger partial charge is 0.285 e. The van der Waals surface area contributed by atoms with Crippen LogP contribution in [0.3, 0.4) is 0 Å². The standard InChI is InChI=1S/C11H11N3O2/c15-10(8-9-4-2-1-3-5-9)13-14-11(16)6-7-12-14/h1-7,12H,8H2,(H,13,15). The van der Waals surface area contributed by atoms with Gasteiger partial charge in [-0.05, 0) is 5.56 Å². The summed E-state index contributed by atoms with van der Waals surface area (Å²) in [7, 11) is 0. The Labute approximate surface area is 91.7 Å². The van der Waals surface area contributed by atoms with E-state index in [1.165, 1.54) is 12.3 Å². The highest BCUT2D eigenvalue weighted by Crippen LogP contribution is 1.99. The molecule has 5 nitrogen and oxygen atoms in total. The molecule has 1 aromatic heterocycles. The molecule has 0 radical (unpaired) electrons. The van der Waals surface area contributed by atoms with Gasteiger partial charge in [-0.15, -0.1) is 0 Å². The molecule has 5 heteroatoms. The van der Waals surface area contributed by atoms with E-state index in [4.69, 9.17) is 0 Å². The number of rotatable bonds is 3. The van der Waals surface area contributed by atoms with Crippen molar-refractivity contribution >= 4 is 5.91 Å². The first-order valence-corrected chi connectivity index (χ1v) is 4.86. The van der Waals surface area contributed by atoms with Gasteiger partial charge in [-0.3, -0.25) is 14.7 Å². The highest BCUT2D eigenvalue weighted by molar-refractivity contribution is 5.85. The van der Waals surface area contributed by atoms with Crippen LogP contribution in [-0.2, 0) is 11.2 Å². The van der Waals surface area contributed by atoms with E-state index in [1.54, 1.807) is 0 Å². The number of carbonyl (C=O) groups is 1. The molecule has 0 spiro atoms. The van der Waals surface area contributed by atoms with Crippen LogP contribution in [0.5, 0.6) is 0 Å². The van der Waals surface area contributed by atoms with E-state index in [0.717, 1.165) is 10.4 Å². The molecule has 0 unspecified atom stereocenters. The SMILES string of the molecule is O=C(Cc1ccccc1)Nn1[nH]ccc1=O. The molecule has 0 aliphatic carbocycles. The number of hydrogen-bond donors (Lipinski definition) is 2. The maximum Gasteiger partial charge on any atom is 0.285 e. The fraction of sp³-hybridized carbons (Fsp3) is 0.0909. The smallest absolute Gasteiger partial charge is 0.284 e. The lowest BCUT2D eigenvalue weighted by Crippen LogP contribution is -2.32. The molecule has 0 aliphatic heterocycles. The van der Waals surface area contributed by atoms with E-state index >= 15 is 0 Å². The van der Waals surface area contributed by atoms with Crippen molar-refractivity contribution in [3.8, 4) is 0 Å². The number of benzene rings is 1. The quantitative estimate of drug-likeness (QED) is 0.785. The van der Waals surface area contributed by atoms with Crippen molar-refractivity contribution in [1.29, 1.82) is 0 Å². The van der Waals surface area contributed by atoms with Crippen LogP contribution in [0, 0.1) is 0 Å². The predicted molar refractivity (Wildman–Crippen MR) is 59.6 cm³/mol. The van der Waals surface area contributed by atoms with Gasteiger partial charge in [0, 0.05) is 12.3 Å². The third kappa shape index (κ3) is 2.38. The Bertz CT molecular complexity index is 527. The van der Waals surface area contributed by atoms with Gasteiger partial charge in [0.25, 0.3) is 5.56 Å². The minimum absolute atomic E-state index is 0.240. The molecule has 2 aromatic rings. The Kier molecular flexibility index (Phi) is 2.86. The van der Waals surface area contributed by atoms with E-state index < -0.39 is 0 Å². The van der Waals surface area contributed by atoms with Gasteiger partial charge >= 0.3 is 0 Å². The van der Waals surface area contributed by atoms with Crippen LogP contribution in [-0.4, -0.2) is 15.8 Å². The zero-order valence-corrected chi connectivity index (χ0v) is 8.51. The molecule has 2 rings (SSSR count). The van der Waals surface area contributed by atoms with Crippen molar-refractivity contribution < 1.29 is 4.79 Å². The van der Waals surface area contributed by atoms with E-state index in [0.29, 0.717) is 0 Å². The van der Waals surface area contributed by atoms with Crippen LogP contribution in [0.1, 0.15) is 5.56 Å². The molecule has 0 saturated heterocycles. The third-order valence-electron chi connectivity index (χ3n) is 2.09. The molecule has 2 N–H and O–H groups in total. The maximum atomic E-state index is 11.5. The Morgan fingerprint density at radius 3 is 2.62 bits per heavy atom. The second kappa shape index (κ2) is 4.48. The number of nitrogens with one attached hydrogen (secondary N) is 2. The van der Waals surface area contributed by atoms with Crippen LogP contribution >= 0.6 is 0 Å². The number of aromatic amines is 1. The first-order chi connectivity index (χ1) is 7.75. The second-order valence-corrected chi connectivity index (χ2v) is 3.33. The van der Waals surface area contributed by atoms with E-state index in [1.807, 2.05) is 30.3 Å². The summed E-state index contributed by atoms with van der Waals surface area (Å²) in [6.07, 6.45) is 1.71. The van der Waals surface area contributed by atoms with Crippen LogP contribution in [0.4, 0.5) is 0 Å². The number of amides is 1. The molecule has 1 aromatic carbocycles. The van der Waals surface area contributed by atoms with Gasteiger partial charge in [-0.25, -0.2) is 5.43 Å². The second-order valence-electron chi connectivity index (χ2n) is 3.33. The van der Waals surface area contributed by atoms with Crippen molar-refractivity contribution in [2.45, 2.75) is 6.42 Å². The minimum Gasteiger partial charge on any atom is -0.284 e. The lowest BCUT2D eigenvalue weighted by atomic mass is 10.1. The molecule has 0 fully saturated rings. The topological polar surface area (TPSA) is 66.9 Å². The zero-order valence-electron chi connectivity index (χ0n) is 8.51. The van der Waals surface area contributed by atoms with E-state index in [2.05, 4.69) is 10.5 Å². The van der Waals surface area contributed by atoms with Crippen molar-refractivity contribution in [2.24, 2.45) is 0 Å². The summed E-state index contributed by atoms with van der Waals surface area (Å²) in [6, 6.07) is 10.7. The number of H-pyrrole nitrogens is 1. The molecule has 1 heterocycles. The van der Waals surface area contributed by atoms with Gasteiger partial charge in [0.05, 0.1) is 6.42 Å². The van der Waals surface area contributed by atoms with Crippen molar-refractivity contribution in [2.75, 3.05) is 5.43 Å². The Morgan fingerprint density at radius 2 is 2.00 bits per heavy atom. The summed E-state index contributed by atoms with van der Waals surface area (Å²) < 4.78 is 0. The van der Waals surface area contributed by atoms with E-state index in [-0.39, 0.29) is 17.9 Å². The normalized spacial score (nSPS) is 10.0. The van der Waals surface area contributed by atoms with Crippen LogP contribution < -0.4 is 11.0 Å². The lowest BCUT2D eigenvalue weighted by Gasteiger charge is -2.04. The van der Waals surface area contributed by atoms with Gasteiger partial charge in [-0.2, -0.15) is 4.79 Å². The van der Waals surface area contributed by atoms with Gasteiger partial charge in [0.2, 0.25) is 5.91 Å². The summed E-state index contributed by atoms with van der Waals surface area (Å²) in [5.74, 6) is -0.240. The van der Waals surface area contributed by atoms with Crippen LogP contribution in [0.15, 0.2) is 47.4 Å². The maximum absolute atomic E-state index is 11.5. The molecule has 1 amide bonds. The Balaban J connectivity index is 2.00. The number of carbonyl (C=O) groups excluding carboxylic acids is 1. The van der Waals surface area contributed by atoms with E-state index in [9.17, 15) is 9.59 Å². The van der Waals surface area contributed by atoms with Gasteiger partial charge in [0.1, 0.15) is 0 Å². The summed E-state index contributed by atoms with van der Waals surface area (Å²) in [5.41, 5.74) is 3.06. The fourth-order valence-corrected chi connectivity index (χ4v) is 1.35. The zero-order chi connectivity index (χ0) is 11.4. The number of aromatic nitrogens is 2. The number of hydrogen-bond acceptors (Lipinski definition) is 2. The van der Waals surface area contributed by atoms with Crippen LogP contribution in [0.2, 0.25) is 0 Å². The predicted octanol–water partition coefficient (Wildman–Crippen LogP) is 0.489. The summed E-state index contributed by atoms with van der Waals surface area (Å²) in [5, 5.41) is 2.59. The van der Waals surface area contributed by atoms with Gasteiger partial charge in [0.15, 0.2) is 0 Å². The highest BCUT2D eigenvalue weighted by Gasteiger charge is 2.04. The molecule has 0 saturated carbocycles. The average molecular weight is 217 g/mol. The minimum atomic E-state index is -0.290. The van der Waals surface area contributed by atoms with Crippen molar-refractivity contribution in [3.05, 3.63) is 58.5 Å². The van der Waals surface area contributed by atoms with Gasteiger partial charge in [-0.1, -0.05) is 30.3 Å². The summed E-state index contributed by atoms with van der Waals surface area (Å²) >= 11 is 0. The molecule has 16 heavy (non-hydrogen) atoms. The molecule has 82 valence electrons. The highest BCUT2D eigenvalue weighted by atomic mass is 16.2.